The number of methoxy groups -OCH3 is 1. The molecule has 1 saturated carbocycles. The van der Waals surface area contributed by atoms with Gasteiger partial charge < -0.3 is 18.8 Å². The minimum Gasteiger partial charge on any atom is -0.497 e. The average Bonchev–Trinajstić information content (AvgIpc) is 3.48. The van der Waals surface area contributed by atoms with Crippen LogP contribution in [0, 0.1) is 0 Å². The van der Waals surface area contributed by atoms with Gasteiger partial charge in [0, 0.05) is 12.5 Å². The molecule has 1 saturated heterocycles. The summed E-state index contributed by atoms with van der Waals surface area (Å²) in [5.41, 5.74) is 1.53. The van der Waals surface area contributed by atoms with Gasteiger partial charge in [0.15, 0.2) is 12.1 Å². The molecule has 5 rings (SSSR count). The zero-order chi connectivity index (χ0) is 19.1. The van der Waals surface area contributed by atoms with Gasteiger partial charge >= 0.3 is 0 Å². The molecule has 1 aliphatic carbocycles. The summed E-state index contributed by atoms with van der Waals surface area (Å²) in [6.45, 7) is 1.59. The molecule has 0 unspecified atom stereocenters. The molecule has 6 nitrogen and oxygen atoms in total. The highest BCUT2D eigenvalue weighted by atomic mass is 16.5. The third-order valence-electron chi connectivity index (χ3n) is 5.54. The Kier molecular flexibility index (Phi) is 4.28. The van der Waals surface area contributed by atoms with Crippen molar-refractivity contribution in [3.05, 3.63) is 59.8 Å². The highest BCUT2D eigenvalue weighted by molar-refractivity contribution is 5.93. The molecule has 1 atom stereocenters. The molecule has 6 heteroatoms. The fourth-order valence-electron chi connectivity index (χ4n) is 3.81. The zero-order valence-corrected chi connectivity index (χ0v) is 15.8. The monoisotopic (exact) mass is 378 g/mol. The Bertz CT molecular complexity index is 1020. The summed E-state index contributed by atoms with van der Waals surface area (Å²) in [7, 11) is 1.67. The van der Waals surface area contributed by atoms with E-state index in [-0.39, 0.29) is 12.0 Å². The van der Waals surface area contributed by atoms with Gasteiger partial charge in [-0.1, -0.05) is 18.2 Å². The molecule has 1 aromatic heterocycles. The largest absolute Gasteiger partial charge is 0.497 e. The quantitative estimate of drug-likeness (QED) is 0.688. The van der Waals surface area contributed by atoms with Crippen LogP contribution in [0.3, 0.4) is 0 Å². The number of nitrogens with zero attached hydrogens (tertiary/aromatic N) is 2. The van der Waals surface area contributed by atoms with E-state index >= 15 is 0 Å². The number of aromatic nitrogens is 1. The van der Waals surface area contributed by atoms with Crippen molar-refractivity contribution in [2.45, 2.75) is 24.9 Å². The Hall–Kier alpha value is -2.86. The number of rotatable bonds is 4. The van der Waals surface area contributed by atoms with Gasteiger partial charge in [0.1, 0.15) is 17.6 Å². The first-order valence-electron chi connectivity index (χ1n) is 9.65. The maximum absolute atomic E-state index is 13.0. The third kappa shape index (κ3) is 3.14. The molecule has 1 amide bonds. The van der Waals surface area contributed by atoms with Crippen LogP contribution < -0.4 is 4.74 Å². The zero-order valence-electron chi connectivity index (χ0n) is 15.8. The molecule has 2 fully saturated rings. The Balaban J connectivity index is 1.37. The number of benzene rings is 2. The minimum absolute atomic E-state index is 0.0607. The molecule has 0 bridgehead atoms. The van der Waals surface area contributed by atoms with E-state index in [0.29, 0.717) is 31.3 Å². The van der Waals surface area contributed by atoms with Crippen molar-refractivity contribution in [2.75, 3.05) is 26.8 Å². The Morgan fingerprint density at radius 1 is 1.18 bits per heavy atom. The van der Waals surface area contributed by atoms with Crippen molar-refractivity contribution in [3.8, 4) is 5.75 Å². The van der Waals surface area contributed by atoms with E-state index in [0.717, 1.165) is 40.7 Å². The fraction of sp³-hybridized carbons (Fsp3) is 0.364. The van der Waals surface area contributed by atoms with Crippen molar-refractivity contribution in [2.24, 2.45) is 0 Å². The summed E-state index contributed by atoms with van der Waals surface area (Å²) < 4.78 is 16.8. The van der Waals surface area contributed by atoms with E-state index < -0.39 is 0 Å². The van der Waals surface area contributed by atoms with Crippen LogP contribution in [0.1, 0.15) is 46.7 Å². The predicted octanol–water partition coefficient (Wildman–Crippen LogP) is 3.93. The SMILES string of the molecule is COc1ccc2cc([C@H]3CN(C(=O)c4ncoc4C4CC4)CCO3)ccc2c1. The Morgan fingerprint density at radius 2 is 2.00 bits per heavy atom. The van der Waals surface area contributed by atoms with E-state index in [2.05, 4.69) is 23.2 Å². The molecule has 0 N–H and O–H groups in total. The smallest absolute Gasteiger partial charge is 0.276 e. The van der Waals surface area contributed by atoms with Crippen LogP contribution >= 0.6 is 0 Å². The molecular weight excluding hydrogens is 356 g/mol. The van der Waals surface area contributed by atoms with E-state index in [4.69, 9.17) is 13.9 Å². The Morgan fingerprint density at radius 3 is 2.82 bits per heavy atom. The molecule has 144 valence electrons. The summed E-state index contributed by atoms with van der Waals surface area (Å²) in [5, 5.41) is 2.24. The van der Waals surface area contributed by atoms with Crippen molar-refractivity contribution in [1.29, 1.82) is 0 Å². The van der Waals surface area contributed by atoms with Crippen molar-refractivity contribution in [3.63, 3.8) is 0 Å². The minimum atomic E-state index is -0.152. The summed E-state index contributed by atoms with van der Waals surface area (Å²) in [6, 6.07) is 12.3. The van der Waals surface area contributed by atoms with Crippen molar-refractivity contribution >= 4 is 16.7 Å². The molecule has 2 aromatic carbocycles. The molecule has 2 aliphatic rings. The number of hydrogen-bond donors (Lipinski definition) is 0. The summed E-state index contributed by atoms with van der Waals surface area (Å²) in [4.78, 5) is 19.0. The second-order valence-corrected chi connectivity index (χ2v) is 7.42. The number of amides is 1. The predicted molar refractivity (Wildman–Crippen MR) is 104 cm³/mol. The lowest BCUT2D eigenvalue weighted by atomic mass is 10.0. The second kappa shape index (κ2) is 6.95. The number of ether oxygens (including phenoxy) is 2. The summed E-state index contributed by atoms with van der Waals surface area (Å²) >= 11 is 0. The van der Waals surface area contributed by atoms with Crippen LogP contribution in [0.25, 0.3) is 10.8 Å². The second-order valence-electron chi connectivity index (χ2n) is 7.42. The topological polar surface area (TPSA) is 64.8 Å². The molecule has 0 radical (unpaired) electrons. The fourth-order valence-corrected chi connectivity index (χ4v) is 3.81. The highest BCUT2D eigenvalue weighted by Gasteiger charge is 2.35. The van der Waals surface area contributed by atoms with Crippen LogP contribution in [0.2, 0.25) is 0 Å². The maximum Gasteiger partial charge on any atom is 0.276 e. The van der Waals surface area contributed by atoms with Gasteiger partial charge in [0.25, 0.3) is 5.91 Å². The van der Waals surface area contributed by atoms with Gasteiger partial charge in [-0.05, 0) is 47.4 Å². The first-order chi connectivity index (χ1) is 13.7. The summed E-state index contributed by atoms with van der Waals surface area (Å²) in [6.07, 6.45) is 3.38. The molecule has 2 heterocycles. The van der Waals surface area contributed by atoms with Crippen LogP contribution in [0.15, 0.2) is 47.2 Å². The standard InChI is InChI=1S/C22H22N2O4/c1-26-18-7-6-15-10-17(5-4-16(15)11-18)19-12-24(8-9-27-19)22(25)20-21(14-2-3-14)28-13-23-20/h4-7,10-11,13-14,19H,2-3,8-9,12H2,1H3/t19-/m1/s1. The first-order valence-corrected chi connectivity index (χ1v) is 9.65. The lowest BCUT2D eigenvalue weighted by Crippen LogP contribution is -2.42. The molecule has 3 aromatic rings. The number of carbonyl (C=O) groups is 1. The van der Waals surface area contributed by atoms with E-state index in [1.807, 2.05) is 23.1 Å². The first kappa shape index (κ1) is 17.3. The van der Waals surface area contributed by atoms with Crippen molar-refractivity contribution in [1.82, 2.24) is 9.88 Å². The molecule has 28 heavy (non-hydrogen) atoms. The van der Waals surface area contributed by atoms with Gasteiger partial charge in [0.05, 0.1) is 20.3 Å². The van der Waals surface area contributed by atoms with Gasteiger partial charge in [0.2, 0.25) is 0 Å². The van der Waals surface area contributed by atoms with Gasteiger partial charge in [-0.25, -0.2) is 4.98 Å². The van der Waals surface area contributed by atoms with Gasteiger partial charge in [-0.15, -0.1) is 0 Å². The van der Waals surface area contributed by atoms with Crippen LogP contribution in [0.4, 0.5) is 0 Å². The highest BCUT2D eigenvalue weighted by Crippen LogP contribution is 2.41. The third-order valence-corrected chi connectivity index (χ3v) is 5.54. The van der Waals surface area contributed by atoms with Gasteiger partial charge in [-0.2, -0.15) is 0 Å². The molecule has 0 spiro atoms. The van der Waals surface area contributed by atoms with Crippen LogP contribution in [-0.2, 0) is 4.74 Å². The van der Waals surface area contributed by atoms with Crippen LogP contribution in [0.5, 0.6) is 5.75 Å². The number of morpholine rings is 1. The molecular formula is C22H22N2O4. The van der Waals surface area contributed by atoms with E-state index in [9.17, 15) is 4.79 Å². The lowest BCUT2D eigenvalue weighted by molar-refractivity contribution is -0.0230. The summed E-state index contributed by atoms with van der Waals surface area (Å²) in [5.74, 6) is 1.88. The number of hydrogen-bond acceptors (Lipinski definition) is 5. The van der Waals surface area contributed by atoms with E-state index in [1.165, 1.54) is 6.39 Å². The molecule has 1 aliphatic heterocycles. The number of oxazole rings is 1. The Labute approximate surface area is 163 Å². The van der Waals surface area contributed by atoms with E-state index in [1.54, 1.807) is 7.11 Å². The maximum atomic E-state index is 13.0. The average molecular weight is 378 g/mol. The van der Waals surface area contributed by atoms with Crippen molar-refractivity contribution < 1.29 is 18.7 Å². The normalized spacial score (nSPS) is 19.8. The number of carbonyl (C=O) groups excluding carboxylic acids is 1. The van der Waals surface area contributed by atoms with Crippen LogP contribution in [-0.4, -0.2) is 42.6 Å². The lowest BCUT2D eigenvalue weighted by Gasteiger charge is -2.33. The number of fused-ring (bicyclic) bond motifs is 1. The van der Waals surface area contributed by atoms with Gasteiger partial charge in [-0.3, -0.25) is 4.79 Å².